The number of thioether (sulfide) groups is 1. The zero-order chi connectivity index (χ0) is 14.7. The van der Waals surface area contributed by atoms with Crippen molar-refractivity contribution < 1.29 is 14.7 Å². The summed E-state index contributed by atoms with van der Waals surface area (Å²) in [6.45, 7) is 1.83. The molecule has 1 aliphatic rings. The smallest absolute Gasteiger partial charge is 0.327 e. The van der Waals surface area contributed by atoms with Crippen LogP contribution in [0.2, 0.25) is 0 Å². The fraction of sp³-hybridized carbons (Fsp3) is 0.429. The first-order valence-electron chi connectivity index (χ1n) is 6.47. The van der Waals surface area contributed by atoms with Gasteiger partial charge in [-0.15, -0.1) is 11.8 Å². The van der Waals surface area contributed by atoms with Crippen LogP contribution in [0.4, 0.5) is 0 Å². The first kappa shape index (κ1) is 14.9. The largest absolute Gasteiger partial charge is 0.480 e. The number of aliphatic carboxylic acids is 1. The van der Waals surface area contributed by atoms with E-state index >= 15 is 0 Å². The van der Waals surface area contributed by atoms with Gasteiger partial charge in [0, 0.05) is 5.75 Å². The van der Waals surface area contributed by atoms with Gasteiger partial charge in [0.1, 0.15) is 6.04 Å². The zero-order valence-electron chi connectivity index (χ0n) is 11.2. The molecule has 0 bridgehead atoms. The molecule has 20 heavy (non-hydrogen) atoms. The third kappa shape index (κ3) is 3.13. The molecule has 1 amide bonds. The topological polar surface area (TPSA) is 83.6 Å². The van der Waals surface area contributed by atoms with Gasteiger partial charge in [0.15, 0.2) is 0 Å². The highest BCUT2D eigenvalue weighted by molar-refractivity contribution is 8.00. The Morgan fingerprint density at radius 2 is 2.10 bits per heavy atom. The lowest BCUT2D eigenvalue weighted by Gasteiger charge is -2.27. The molecule has 1 heterocycles. The number of amides is 1. The van der Waals surface area contributed by atoms with Gasteiger partial charge in [-0.2, -0.15) is 0 Å². The van der Waals surface area contributed by atoms with Gasteiger partial charge in [-0.3, -0.25) is 4.79 Å². The minimum atomic E-state index is -0.970. The molecule has 1 aromatic carbocycles. The molecule has 1 aliphatic heterocycles. The molecule has 0 radical (unpaired) electrons. The number of hydrogen-bond donors (Lipinski definition) is 2. The fourth-order valence-electron chi connectivity index (χ4n) is 2.31. The summed E-state index contributed by atoms with van der Waals surface area (Å²) >= 11 is 1.46. The molecule has 1 saturated heterocycles. The predicted molar refractivity (Wildman–Crippen MR) is 78.3 cm³/mol. The summed E-state index contributed by atoms with van der Waals surface area (Å²) in [5.74, 6) is -0.846. The highest BCUT2D eigenvalue weighted by Crippen LogP contribution is 2.29. The van der Waals surface area contributed by atoms with E-state index in [0.717, 1.165) is 5.56 Å². The molecule has 3 atom stereocenters. The number of nitrogens with zero attached hydrogens (tertiary/aromatic N) is 1. The average molecular weight is 294 g/mol. The number of benzene rings is 1. The first-order valence-corrected chi connectivity index (χ1v) is 7.51. The summed E-state index contributed by atoms with van der Waals surface area (Å²) < 4.78 is 0. The number of hydrogen-bond acceptors (Lipinski definition) is 4. The van der Waals surface area contributed by atoms with Crippen LogP contribution in [0.15, 0.2) is 30.3 Å². The van der Waals surface area contributed by atoms with Crippen molar-refractivity contribution in [3.63, 3.8) is 0 Å². The van der Waals surface area contributed by atoms with Crippen LogP contribution >= 0.6 is 11.8 Å². The molecular formula is C14H18N2O3S. The fourth-order valence-corrected chi connectivity index (χ4v) is 3.49. The Kier molecular flexibility index (Phi) is 4.67. The van der Waals surface area contributed by atoms with Crippen molar-refractivity contribution in [2.45, 2.75) is 30.8 Å². The number of carbonyl (C=O) groups excluding carboxylic acids is 1. The lowest BCUT2D eigenvalue weighted by molar-refractivity contribution is -0.149. The first-order chi connectivity index (χ1) is 9.50. The number of carbonyl (C=O) groups is 2. The standard InChI is InChI=1S/C14H18N2O3S/c1-9-16(12(8-20-9)14(18)19)13(17)11(15)7-10-5-3-2-4-6-10/h2-6,9,11-12H,7-8,15H2,1H3,(H,18,19). The maximum absolute atomic E-state index is 12.4. The highest BCUT2D eigenvalue weighted by atomic mass is 32.2. The molecule has 1 fully saturated rings. The molecule has 2 rings (SSSR count). The summed E-state index contributed by atoms with van der Waals surface area (Å²) in [7, 11) is 0. The molecule has 3 unspecified atom stereocenters. The Bertz CT molecular complexity index is 494. The molecule has 0 aromatic heterocycles. The van der Waals surface area contributed by atoms with Crippen LogP contribution in [0.1, 0.15) is 12.5 Å². The minimum Gasteiger partial charge on any atom is -0.480 e. The maximum atomic E-state index is 12.4. The second-order valence-electron chi connectivity index (χ2n) is 4.83. The minimum absolute atomic E-state index is 0.148. The molecule has 5 nitrogen and oxygen atoms in total. The Labute approximate surface area is 122 Å². The molecule has 108 valence electrons. The third-order valence-corrected chi connectivity index (χ3v) is 4.60. The van der Waals surface area contributed by atoms with Crippen molar-refractivity contribution >= 4 is 23.6 Å². The van der Waals surface area contributed by atoms with Gasteiger partial charge < -0.3 is 15.7 Å². The number of carboxylic acid groups (broad SMARTS) is 1. The van der Waals surface area contributed by atoms with Crippen molar-refractivity contribution in [3.8, 4) is 0 Å². The summed E-state index contributed by atoms with van der Waals surface area (Å²) in [5.41, 5.74) is 6.93. The highest BCUT2D eigenvalue weighted by Gasteiger charge is 2.40. The maximum Gasteiger partial charge on any atom is 0.327 e. The monoisotopic (exact) mass is 294 g/mol. The van der Waals surface area contributed by atoms with Crippen molar-refractivity contribution in [2.75, 3.05) is 5.75 Å². The second-order valence-corrected chi connectivity index (χ2v) is 6.18. The summed E-state index contributed by atoms with van der Waals surface area (Å²) in [6.07, 6.45) is 0.417. The van der Waals surface area contributed by atoms with Gasteiger partial charge in [-0.25, -0.2) is 4.79 Å². The van der Waals surface area contributed by atoms with Gasteiger partial charge in [-0.05, 0) is 18.9 Å². The average Bonchev–Trinajstić information content (AvgIpc) is 2.81. The molecule has 1 aromatic rings. The van der Waals surface area contributed by atoms with Crippen molar-refractivity contribution in [3.05, 3.63) is 35.9 Å². The molecule has 0 spiro atoms. The number of rotatable bonds is 4. The SMILES string of the molecule is CC1SCC(C(=O)O)N1C(=O)C(N)Cc1ccccc1. The Morgan fingerprint density at radius 1 is 1.45 bits per heavy atom. The molecule has 0 saturated carbocycles. The van der Waals surface area contributed by atoms with E-state index < -0.39 is 18.1 Å². The van der Waals surface area contributed by atoms with E-state index in [9.17, 15) is 14.7 Å². The lowest BCUT2D eigenvalue weighted by atomic mass is 10.0. The number of nitrogens with two attached hydrogens (primary N) is 1. The van der Waals surface area contributed by atoms with E-state index in [1.54, 1.807) is 0 Å². The Hall–Kier alpha value is -1.53. The lowest BCUT2D eigenvalue weighted by Crippen LogP contribution is -2.52. The van der Waals surface area contributed by atoms with E-state index in [0.29, 0.717) is 12.2 Å². The van der Waals surface area contributed by atoms with Crippen LogP contribution in [0.3, 0.4) is 0 Å². The summed E-state index contributed by atoms with van der Waals surface area (Å²) in [4.78, 5) is 25.0. The van der Waals surface area contributed by atoms with Gasteiger partial charge in [0.25, 0.3) is 0 Å². The molecule has 3 N–H and O–H groups in total. The van der Waals surface area contributed by atoms with Gasteiger partial charge in [0.05, 0.1) is 11.4 Å². The molecule has 0 aliphatic carbocycles. The van der Waals surface area contributed by atoms with Crippen LogP contribution in [-0.2, 0) is 16.0 Å². The predicted octanol–water partition coefficient (Wildman–Crippen LogP) is 0.931. The quantitative estimate of drug-likeness (QED) is 0.863. The van der Waals surface area contributed by atoms with Gasteiger partial charge >= 0.3 is 5.97 Å². The van der Waals surface area contributed by atoms with Crippen LogP contribution in [0.5, 0.6) is 0 Å². The van der Waals surface area contributed by atoms with Crippen molar-refractivity contribution in [1.82, 2.24) is 4.90 Å². The molecular weight excluding hydrogens is 276 g/mol. The Balaban J connectivity index is 2.07. The van der Waals surface area contributed by atoms with Crippen molar-refractivity contribution in [2.24, 2.45) is 5.73 Å². The van der Waals surface area contributed by atoms with Crippen LogP contribution in [0.25, 0.3) is 0 Å². The van der Waals surface area contributed by atoms with E-state index in [1.165, 1.54) is 16.7 Å². The van der Waals surface area contributed by atoms with E-state index in [1.807, 2.05) is 37.3 Å². The third-order valence-electron chi connectivity index (χ3n) is 3.38. The normalized spacial score (nSPS) is 23.6. The van der Waals surface area contributed by atoms with Gasteiger partial charge in [0.2, 0.25) is 5.91 Å². The molecule has 6 heteroatoms. The summed E-state index contributed by atoms with van der Waals surface area (Å²) in [6, 6.07) is 8.01. The van der Waals surface area contributed by atoms with Gasteiger partial charge in [-0.1, -0.05) is 30.3 Å². The summed E-state index contributed by atoms with van der Waals surface area (Å²) in [5, 5.41) is 9.03. The van der Waals surface area contributed by atoms with E-state index in [2.05, 4.69) is 0 Å². The van der Waals surface area contributed by atoms with Crippen LogP contribution < -0.4 is 5.73 Å². The zero-order valence-corrected chi connectivity index (χ0v) is 12.0. The van der Waals surface area contributed by atoms with E-state index in [-0.39, 0.29) is 11.3 Å². The van der Waals surface area contributed by atoms with Crippen LogP contribution in [0, 0.1) is 0 Å². The second kappa shape index (κ2) is 6.28. The number of carboxylic acids is 1. The Morgan fingerprint density at radius 3 is 2.70 bits per heavy atom. The van der Waals surface area contributed by atoms with Crippen LogP contribution in [-0.4, -0.2) is 45.1 Å². The van der Waals surface area contributed by atoms with E-state index in [4.69, 9.17) is 5.73 Å². The van der Waals surface area contributed by atoms with Crippen molar-refractivity contribution in [1.29, 1.82) is 0 Å².